The van der Waals surface area contributed by atoms with Gasteiger partial charge in [0.15, 0.2) is 0 Å². The lowest BCUT2D eigenvalue weighted by Gasteiger charge is -2.40. The molecule has 6 nitrogen and oxygen atoms in total. The molecule has 116 valence electrons. The third kappa shape index (κ3) is 1.68. The van der Waals surface area contributed by atoms with E-state index in [2.05, 4.69) is 41.4 Å². The topological polar surface area (TPSA) is 82.3 Å². The van der Waals surface area contributed by atoms with Gasteiger partial charge in [-0.05, 0) is 23.1 Å². The summed E-state index contributed by atoms with van der Waals surface area (Å²) in [6.07, 6.45) is -0.00147. The summed E-state index contributed by atoms with van der Waals surface area (Å²) in [5.74, 6) is 0.245. The van der Waals surface area contributed by atoms with E-state index in [1.807, 2.05) is 12.1 Å². The number of anilines is 1. The van der Waals surface area contributed by atoms with Crippen LogP contribution in [-0.4, -0.2) is 24.5 Å². The second-order valence-electron chi connectivity index (χ2n) is 6.74. The van der Waals surface area contributed by atoms with Crippen LogP contribution in [0.1, 0.15) is 37.3 Å². The molecule has 0 aromatic heterocycles. The fraction of sp³-hybridized carbons (Fsp3) is 0.500. The standard InChI is InChI=1S/C16H20N4O2/c1-8(2)9-3-4-12-10(5-9)16(15(22)18-12)6-13(21)19-14-11(16)7-17-20-14/h3-5,8,11,14,17,20H,6-7H2,1-2H3,(H,18,22)(H,19,21). The third-order valence-corrected chi connectivity index (χ3v) is 5.22. The van der Waals surface area contributed by atoms with Crippen LogP contribution in [0.25, 0.3) is 0 Å². The van der Waals surface area contributed by atoms with Gasteiger partial charge in [0.2, 0.25) is 11.8 Å². The number of fused-ring (bicyclic) bond motifs is 4. The van der Waals surface area contributed by atoms with Crippen molar-refractivity contribution in [3.05, 3.63) is 29.3 Å². The number of rotatable bonds is 1. The Hall–Kier alpha value is -1.92. The van der Waals surface area contributed by atoms with Crippen molar-refractivity contribution in [3.8, 4) is 0 Å². The van der Waals surface area contributed by atoms with Crippen molar-refractivity contribution >= 4 is 17.5 Å². The Balaban J connectivity index is 1.89. The highest BCUT2D eigenvalue weighted by molar-refractivity contribution is 6.09. The molecule has 3 aliphatic rings. The number of carbonyl (C=O) groups is 2. The van der Waals surface area contributed by atoms with E-state index in [4.69, 9.17) is 0 Å². The van der Waals surface area contributed by atoms with Crippen molar-refractivity contribution in [1.29, 1.82) is 0 Å². The van der Waals surface area contributed by atoms with Crippen molar-refractivity contribution in [1.82, 2.24) is 16.2 Å². The SMILES string of the molecule is CC(C)c1ccc2c(c1)C1(CC(=O)NC3NNCC31)C(=O)N2. The van der Waals surface area contributed by atoms with Crippen LogP contribution < -0.4 is 21.5 Å². The summed E-state index contributed by atoms with van der Waals surface area (Å²) >= 11 is 0. The fourth-order valence-electron chi connectivity index (χ4n) is 4.00. The first-order valence-electron chi connectivity index (χ1n) is 7.76. The number of hydrogen-bond donors (Lipinski definition) is 4. The van der Waals surface area contributed by atoms with Crippen molar-refractivity contribution < 1.29 is 9.59 Å². The zero-order valence-corrected chi connectivity index (χ0v) is 12.7. The van der Waals surface area contributed by atoms with Gasteiger partial charge in [-0.3, -0.25) is 15.0 Å². The lowest BCUT2D eigenvalue weighted by Crippen LogP contribution is -2.61. The second kappa shape index (κ2) is 4.54. The number of hydrazine groups is 1. The Morgan fingerprint density at radius 2 is 2.09 bits per heavy atom. The Labute approximate surface area is 129 Å². The van der Waals surface area contributed by atoms with Crippen LogP contribution in [0.4, 0.5) is 5.69 Å². The smallest absolute Gasteiger partial charge is 0.236 e. The number of hydrogen-bond acceptors (Lipinski definition) is 4. The van der Waals surface area contributed by atoms with Crippen molar-refractivity contribution in [2.45, 2.75) is 37.8 Å². The first-order valence-corrected chi connectivity index (χ1v) is 7.76. The molecule has 1 aromatic carbocycles. The maximum Gasteiger partial charge on any atom is 0.236 e. The lowest BCUT2D eigenvalue weighted by atomic mass is 9.65. The summed E-state index contributed by atoms with van der Waals surface area (Å²) in [6.45, 7) is 4.92. The van der Waals surface area contributed by atoms with Gasteiger partial charge < -0.3 is 10.6 Å². The number of benzene rings is 1. The van der Waals surface area contributed by atoms with Crippen molar-refractivity contribution in [3.63, 3.8) is 0 Å². The van der Waals surface area contributed by atoms with E-state index in [9.17, 15) is 9.59 Å². The number of piperidine rings is 1. The van der Waals surface area contributed by atoms with Crippen molar-refractivity contribution in [2.75, 3.05) is 11.9 Å². The van der Waals surface area contributed by atoms with Gasteiger partial charge in [0.05, 0.1) is 11.6 Å². The highest BCUT2D eigenvalue weighted by Gasteiger charge is 2.59. The van der Waals surface area contributed by atoms with Gasteiger partial charge in [0.1, 0.15) is 0 Å². The molecule has 1 spiro atoms. The molecule has 0 bridgehead atoms. The van der Waals surface area contributed by atoms with Crippen LogP contribution in [0.5, 0.6) is 0 Å². The van der Waals surface area contributed by atoms with E-state index >= 15 is 0 Å². The normalized spacial score (nSPS) is 32.9. The average Bonchev–Trinajstić information content (AvgIpc) is 3.03. The van der Waals surface area contributed by atoms with E-state index in [0.717, 1.165) is 11.3 Å². The largest absolute Gasteiger partial charge is 0.339 e. The van der Waals surface area contributed by atoms with Gasteiger partial charge in [0, 0.05) is 24.6 Å². The summed E-state index contributed by atoms with van der Waals surface area (Å²) in [4.78, 5) is 25.0. The predicted octanol–water partition coefficient (Wildman–Crippen LogP) is 0.570. The third-order valence-electron chi connectivity index (χ3n) is 5.22. The van der Waals surface area contributed by atoms with Crippen LogP contribution in [0.2, 0.25) is 0 Å². The molecular formula is C16H20N4O2. The molecule has 4 N–H and O–H groups in total. The maximum absolute atomic E-state index is 12.8. The van der Waals surface area contributed by atoms with Gasteiger partial charge >= 0.3 is 0 Å². The number of nitrogens with one attached hydrogen (secondary N) is 4. The number of amides is 2. The minimum Gasteiger partial charge on any atom is -0.339 e. The Bertz CT molecular complexity index is 672. The van der Waals surface area contributed by atoms with Crippen LogP contribution in [0.3, 0.4) is 0 Å². The van der Waals surface area contributed by atoms with E-state index in [-0.39, 0.29) is 30.3 Å². The highest BCUT2D eigenvalue weighted by atomic mass is 16.2. The molecule has 2 saturated heterocycles. The second-order valence-corrected chi connectivity index (χ2v) is 6.74. The summed E-state index contributed by atoms with van der Waals surface area (Å²) in [5, 5.41) is 5.91. The lowest BCUT2D eigenvalue weighted by molar-refractivity contribution is -0.134. The summed E-state index contributed by atoms with van der Waals surface area (Å²) in [7, 11) is 0. The molecule has 3 aliphatic heterocycles. The molecule has 22 heavy (non-hydrogen) atoms. The molecule has 2 amide bonds. The minimum absolute atomic E-state index is 0.00821. The van der Waals surface area contributed by atoms with Crippen LogP contribution in [0, 0.1) is 5.92 Å². The zero-order valence-electron chi connectivity index (χ0n) is 12.7. The Morgan fingerprint density at radius 3 is 2.86 bits per heavy atom. The molecule has 6 heteroatoms. The summed E-state index contributed by atoms with van der Waals surface area (Å²) in [6, 6.07) is 6.12. The van der Waals surface area contributed by atoms with Gasteiger partial charge in [-0.2, -0.15) is 0 Å². The molecule has 1 aromatic rings. The van der Waals surface area contributed by atoms with Gasteiger partial charge in [-0.25, -0.2) is 5.43 Å². The zero-order chi connectivity index (χ0) is 15.5. The van der Waals surface area contributed by atoms with Crippen LogP contribution >= 0.6 is 0 Å². The molecule has 2 fully saturated rings. The van der Waals surface area contributed by atoms with Gasteiger partial charge in [-0.15, -0.1) is 0 Å². The van der Waals surface area contributed by atoms with Crippen LogP contribution in [-0.2, 0) is 15.0 Å². The Kier molecular flexibility index (Phi) is 2.83. The Morgan fingerprint density at radius 1 is 1.27 bits per heavy atom. The van der Waals surface area contributed by atoms with Gasteiger partial charge in [-0.1, -0.05) is 26.0 Å². The highest BCUT2D eigenvalue weighted by Crippen LogP contribution is 2.49. The molecule has 0 aliphatic carbocycles. The molecule has 4 rings (SSSR count). The molecule has 3 unspecified atom stereocenters. The first-order chi connectivity index (χ1) is 10.5. The molecule has 0 radical (unpaired) electrons. The first kappa shape index (κ1) is 13.7. The summed E-state index contributed by atoms with van der Waals surface area (Å²) in [5.41, 5.74) is 8.38. The number of carbonyl (C=O) groups excluding carboxylic acids is 2. The van der Waals surface area contributed by atoms with E-state index < -0.39 is 5.41 Å². The predicted molar refractivity (Wildman–Crippen MR) is 82.0 cm³/mol. The summed E-state index contributed by atoms with van der Waals surface area (Å²) < 4.78 is 0. The quantitative estimate of drug-likeness (QED) is 0.611. The maximum atomic E-state index is 12.8. The van der Waals surface area contributed by atoms with E-state index in [1.54, 1.807) is 0 Å². The average molecular weight is 300 g/mol. The molecule has 3 atom stereocenters. The van der Waals surface area contributed by atoms with Gasteiger partial charge in [0.25, 0.3) is 0 Å². The molecule has 0 saturated carbocycles. The van der Waals surface area contributed by atoms with E-state index in [0.29, 0.717) is 12.5 Å². The monoisotopic (exact) mass is 300 g/mol. The molecule has 3 heterocycles. The van der Waals surface area contributed by atoms with E-state index in [1.165, 1.54) is 5.56 Å². The fourth-order valence-corrected chi connectivity index (χ4v) is 4.00. The van der Waals surface area contributed by atoms with Crippen molar-refractivity contribution in [2.24, 2.45) is 5.92 Å². The minimum atomic E-state index is -0.774. The van der Waals surface area contributed by atoms with Crippen LogP contribution in [0.15, 0.2) is 18.2 Å². The molecular weight excluding hydrogens is 280 g/mol.